The zero-order chi connectivity index (χ0) is 18.9. The highest BCUT2D eigenvalue weighted by Crippen LogP contribution is 2.18. The number of amides is 2. The molecule has 0 aliphatic carbocycles. The fraction of sp³-hybridized carbons (Fsp3) is 0.250. The van der Waals surface area contributed by atoms with E-state index in [1.807, 2.05) is 24.3 Å². The molecule has 2 rings (SSSR count). The Hall–Kier alpha value is -3.15. The van der Waals surface area contributed by atoms with E-state index >= 15 is 0 Å². The number of anilines is 2. The molecule has 26 heavy (non-hydrogen) atoms. The SMILES string of the molecule is C=CCNC(=O)c1cc(C(=O)Nc2ccc(N(CC)CC)cc2)ccn1. The molecule has 136 valence electrons. The quantitative estimate of drug-likeness (QED) is 0.716. The summed E-state index contributed by atoms with van der Waals surface area (Å²) in [6.07, 6.45) is 3.03. The van der Waals surface area contributed by atoms with Gasteiger partial charge in [0.1, 0.15) is 5.69 Å². The van der Waals surface area contributed by atoms with Crippen LogP contribution in [0.2, 0.25) is 0 Å². The maximum absolute atomic E-state index is 12.4. The Balaban J connectivity index is 2.07. The average molecular weight is 352 g/mol. The lowest BCUT2D eigenvalue weighted by molar-refractivity contribution is 0.0953. The minimum atomic E-state index is -0.344. The van der Waals surface area contributed by atoms with Gasteiger partial charge in [-0.25, -0.2) is 0 Å². The standard InChI is InChI=1S/C20H24N4O2/c1-4-12-22-20(26)18-14-15(11-13-21-18)19(25)23-16-7-9-17(10-8-16)24(5-2)6-3/h4,7-11,13-14H,1,5-6,12H2,2-3H3,(H,22,26)(H,23,25). The minimum absolute atomic E-state index is 0.191. The van der Waals surface area contributed by atoms with Crippen molar-refractivity contribution in [1.82, 2.24) is 10.3 Å². The highest BCUT2D eigenvalue weighted by molar-refractivity contribution is 6.05. The Morgan fingerprint density at radius 1 is 1.12 bits per heavy atom. The van der Waals surface area contributed by atoms with E-state index in [2.05, 4.69) is 40.9 Å². The topological polar surface area (TPSA) is 74.3 Å². The van der Waals surface area contributed by atoms with Gasteiger partial charge < -0.3 is 15.5 Å². The van der Waals surface area contributed by atoms with Gasteiger partial charge in [-0.3, -0.25) is 14.6 Å². The van der Waals surface area contributed by atoms with E-state index in [9.17, 15) is 9.59 Å². The Bertz CT molecular complexity index is 768. The van der Waals surface area contributed by atoms with Gasteiger partial charge in [0.05, 0.1) is 0 Å². The summed E-state index contributed by atoms with van der Waals surface area (Å²) in [5.74, 6) is -0.635. The van der Waals surface area contributed by atoms with Gasteiger partial charge in [-0.15, -0.1) is 6.58 Å². The molecule has 2 aromatic rings. The van der Waals surface area contributed by atoms with Crippen LogP contribution in [0.1, 0.15) is 34.7 Å². The molecule has 0 saturated heterocycles. The second-order valence-electron chi connectivity index (χ2n) is 5.60. The minimum Gasteiger partial charge on any atom is -0.372 e. The third kappa shape index (κ3) is 4.92. The van der Waals surface area contributed by atoms with Crippen molar-refractivity contribution < 1.29 is 9.59 Å². The predicted octanol–water partition coefficient (Wildman–Crippen LogP) is 3.10. The molecule has 0 unspecified atom stereocenters. The summed E-state index contributed by atoms with van der Waals surface area (Å²) in [6, 6.07) is 10.7. The van der Waals surface area contributed by atoms with Gasteiger partial charge in [-0.1, -0.05) is 6.08 Å². The van der Waals surface area contributed by atoms with Crippen molar-refractivity contribution in [3.63, 3.8) is 0 Å². The number of hydrogen-bond donors (Lipinski definition) is 2. The van der Waals surface area contributed by atoms with Crippen LogP contribution in [-0.4, -0.2) is 36.4 Å². The van der Waals surface area contributed by atoms with Crippen molar-refractivity contribution in [2.45, 2.75) is 13.8 Å². The summed E-state index contributed by atoms with van der Waals surface area (Å²) in [5.41, 5.74) is 2.37. The molecule has 2 N–H and O–H groups in total. The number of aromatic nitrogens is 1. The van der Waals surface area contributed by atoms with Crippen LogP contribution in [-0.2, 0) is 0 Å². The summed E-state index contributed by atoms with van der Waals surface area (Å²) in [4.78, 5) is 30.6. The summed E-state index contributed by atoms with van der Waals surface area (Å²) in [5, 5.41) is 5.47. The molecule has 0 aliphatic heterocycles. The molecule has 0 atom stereocenters. The van der Waals surface area contributed by atoms with Gasteiger partial charge >= 0.3 is 0 Å². The first kappa shape index (κ1) is 19.2. The molecule has 0 spiro atoms. The molecule has 2 amide bonds. The van der Waals surface area contributed by atoms with E-state index in [1.165, 1.54) is 12.3 Å². The molecule has 0 saturated carbocycles. The molecule has 0 radical (unpaired) electrons. The Kier molecular flexibility index (Phi) is 6.91. The maximum Gasteiger partial charge on any atom is 0.270 e. The number of rotatable bonds is 8. The Morgan fingerprint density at radius 3 is 2.42 bits per heavy atom. The van der Waals surface area contributed by atoms with E-state index in [-0.39, 0.29) is 17.5 Å². The Labute approximate surface area is 153 Å². The van der Waals surface area contributed by atoms with Gasteiger partial charge in [0.15, 0.2) is 0 Å². The first-order chi connectivity index (χ1) is 12.6. The smallest absolute Gasteiger partial charge is 0.270 e. The number of benzene rings is 1. The second-order valence-corrected chi connectivity index (χ2v) is 5.60. The zero-order valence-electron chi connectivity index (χ0n) is 15.2. The monoisotopic (exact) mass is 352 g/mol. The molecule has 0 aliphatic rings. The van der Waals surface area contributed by atoms with Crippen molar-refractivity contribution in [2.24, 2.45) is 0 Å². The molecule has 1 aromatic heterocycles. The molecule has 1 heterocycles. The molecular weight excluding hydrogens is 328 g/mol. The highest BCUT2D eigenvalue weighted by atomic mass is 16.2. The predicted molar refractivity (Wildman–Crippen MR) is 105 cm³/mol. The van der Waals surface area contributed by atoms with Crippen LogP contribution in [0.25, 0.3) is 0 Å². The van der Waals surface area contributed by atoms with Crippen molar-refractivity contribution >= 4 is 23.2 Å². The lowest BCUT2D eigenvalue weighted by atomic mass is 10.2. The first-order valence-corrected chi connectivity index (χ1v) is 8.60. The van der Waals surface area contributed by atoms with Gasteiger partial charge in [-0.05, 0) is 50.2 Å². The number of carbonyl (C=O) groups excluding carboxylic acids is 2. The molecule has 1 aromatic carbocycles. The second kappa shape index (κ2) is 9.36. The van der Waals surface area contributed by atoms with Crippen LogP contribution in [0, 0.1) is 0 Å². The van der Waals surface area contributed by atoms with Gasteiger partial charge in [-0.2, -0.15) is 0 Å². The number of pyridine rings is 1. The third-order valence-corrected chi connectivity index (χ3v) is 3.92. The van der Waals surface area contributed by atoms with Crippen LogP contribution in [0.5, 0.6) is 0 Å². The van der Waals surface area contributed by atoms with Crippen molar-refractivity contribution in [2.75, 3.05) is 29.9 Å². The summed E-state index contributed by atoms with van der Waals surface area (Å²) < 4.78 is 0. The van der Waals surface area contributed by atoms with Crippen LogP contribution >= 0.6 is 0 Å². The van der Waals surface area contributed by atoms with Gasteiger partial charge in [0, 0.05) is 42.8 Å². The number of nitrogens with zero attached hydrogens (tertiary/aromatic N) is 2. The zero-order valence-corrected chi connectivity index (χ0v) is 15.2. The van der Waals surface area contributed by atoms with Crippen molar-refractivity contribution in [1.29, 1.82) is 0 Å². The first-order valence-electron chi connectivity index (χ1n) is 8.60. The molecule has 6 heteroatoms. The van der Waals surface area contributed by atoms with Gasteiger partial charge in [0.25, 0.3) is 11.8 Å². The van der Waals surface area contributed by atoms with E-state index in [1.54, 1.807) is 12.1 Å². The maximum atomic E-state index is 12.4. The largest absolute Gasteiger partial charge is 0.372 e. The van der Waals surface area contributed by atoms with Crippen LogP contribution in [0.15, 0.2) is 55.3 Å². The average Bonchev–Trinajstić information content (AvgIpc) is 2.68. The van der Waals surface area contributed by atoms with Crippen molar-refractivity contribution in [3.05, 3.63) is 66.5 Å². The third-order valence-electron chi connectivity index (χ3n) is 3.92. The molecule has 0 fully saturated rings. The normalized spacial score (nSPS) is 10.1. The summed E-state index contributed by atoms with van der Waals surface area (Å²) in [7, 11) is 0. The van der Waals surface area contributed by atoms with Crippen LogP contribution in [0.4, 0.5) is 11.4 Å². The lowest BCUT2D eigenvalue weighted by Crippen LogP contribution is -2.24. The van der Waals surface area contributed by atoms with E-state index in [0.717, 1.165) is 18.8 Å². The van der Waals surface area contributed by atoms with Crippen LogP contribution < -0.4 is 15.5 Å². The summed E-state index contributed by atoms with van der Waals surface area (Å²) >= 11 is 0. The van der Waals surface area contributed by atoms with Crippen LogP contribution in [0.3, 0.4) is 0 Å². The number of nitrogens with one attached hydrogen (secondary N) is 2. The van der Waals surface area contributed by atoms with Crippen molar-refractivity contribution in [3.8, 4) is 0 Å². The lowest BCUT2D eigenvalue weighted by Gasteiger charge is -2.21. The van der Waals surface area contributed by atoms with E-state index in [0.29, 0.717) is 17.8 Å². The molecule has 6 nitrogen and oxygen atoms in total. The Morgan fingerprint density at radius 2 is 1.81 bits per heavy atom. The molecular formula is C20H24N4O2. The highest BCUT2D eigenvalue weighted by Gasteiger charge is 2.12. The number of hydrogen-bond acceptors (Lipinski definition) is 4. The summed E-state index contributed by atoms with van der Waals surface area (Å²) in [6.45, 7) is 9.95. The van der Waals surface area contributed by atoms with Gasteiger partial charge in [0.2, 0.25) is 0 Å². The molecule has 0 bridgehead atoms. The number of carbonyl (C=O) groups is 2. The van der Waals surface area contributed by atoms with E-state index in [4.69, 9.17) is 0 Å². The fourth-order valence-corrected chi connectivity index (χ4v) is 2.50. The van der Waals surface area contributed by atoms with E-state index < -0.39 is 0 Å². The fourth-order valence-electron chi connectivity index (χ4n) is 2.50.